The Balaban J connectivity index is 1.60. The predicted molar refractivity (Wildman–Crippen MR) is 86.7 cm³/mol. The summed E-state index contributed by atoms with van der Waals surface area (Å²) in [7, 11) is 0. The maximum absolute atomic E-state index is 11.9. The van der Waals surface area contributed by atoms with Crippen LogP contribution in [0.25, 0.3) is 11.1 Å². The van der Waals surface area contributed by atoms with Gasteiger partial charge in [0.2, 0.25) is 5.91 Å². The second kappa shape index (κ2) is 6.75. The molecule has 1 N–H and O–H groups in total. The number of aromatic nitrogens is 1. The molecule has 0 radical (unpaired) electrons. The number of nitrogens with one attached hydrogen (secondary N) is 1. The van der Waals surface area contributed by atoms with Gasteiger partial charge in [0.1, 0.15) is 11.3 Å². The summed E-state index contributed by atoms with van der Waals surface area (Å²) in [5.41, 5.74) is 0.765. The summed E-state index contributed by atoms with van der Waals surface area (Å²) < 4.78 is 10.7. The highest BCUT2D eigenvalue weighted by atomic mass is 32.2. The lowest BCUT2D eigenvalue weighted by atomic mass is 10.2. The van der Waals surface area contributed by atoms with Crippen LogP contribution in [0.15, 0.2) is 50.7 Å². The molecule has 0 bridgehead atoms. The molecule has 2 aromatic heterocycles. The summed E-state index contributed by atoms with van der Waals surface area (Å²) >= 11 is 1.12. The van der Waals surface area contributed by atoms with Crippen molar-refractivity contribution < 1.29 is 18.6 Å². The van der Waals surface area contributed by atoms with Crippen LogP contribution in [-0.4, -0.2) is 21.6 Å². The number of thioether (sulfide) groups is 1. The highest BCUT2D eigenvalue weighted by molar-refractivity contribution is 7.99. The third-order valence-electron chi connectivity index (χ3n) is 3.24. The topological polar surface area (TPSA) is 111 Å². The summed E-state index contributed by atoms with van der Waals surface area (Å²) in [4.78, 5) is 26.4. The van der Waals surface area contributed by atoms with Crippen LogP contribution in [-0.2, 0) is 4.79 Å². The van der Waals surface area contributed by atoms with Gasteiger partial charge in [-0.3, -0.25) is 14.9 Å². The Kier molecular flexibility index (Phi) is 4.52. The fraction of sp³-hybridized carbons (Fsp3) is 0.200. The van der Waals surface area contributed by atoms with Crippen LogP contribution in [0.1, 0.15) is 18.7 Å². The van der Waals surface area contributed by atoms with Gasteiger partial charge in [-0.05, 0) is 25.1 Å². The Bertz CT molecular complexity index is 875. The van der Waals surface area contributed by atoms with E-state index in [9.17, 15) is 14.9 Å². The highest BCUT2D eigenvalue weighted by Crippen LogP contribution is 2.26. The van der Waals surface area contributed by atoms with Crippen molar-refractivity contribution >= 4 is 34.5 Å². The molecule has 124 valence electrons. The van der Waals surface area contributed by atoms with Crippen LogP contribution in [0.3, 0.4) is 0 Å². The molecule has 0 spiro atoms. The number of amides is 1. The van der Waals surface area contributed by atoms with Crippen LogP contribution < -0.4 is 5.32 Å². The number of rotatable bonds is 6. The second-order valence-corrected chi connectivity index (χ2v) is 5.91. The molecule has 8 nitrogen and oxygen atoms in total. The Morgan fingerprint density at radius 2 is 2.29 bits per heavy atom. The van der Waals surface area contributed by atoms with Gasteiger partial charge in [-0.25, -0.2) is 4.98 Å². The Hall–Kier alpha value is -2.81. The van der Waals surface area contributed by atoms with Gasteiger partial charge in [0.15, 0.2) is 5.58 Å². The number of non-ortho nitro benzene ring substituents is 1. The first-order valence-corrected chi connectivity index (χ1v) is 8.02. The fourth-order valence-corrected chi connectivity index (χ4v) is 2.74. The summed E-state index contributed by atoms with van der Waals surface area (Å²) in [6.07, 6.45) is 1.55. The molecule has 0 saturated carbocycles. The van der Waals surface area contributed by atoms with Crippen molar-refractivity contribution in [3.05, 3.63) is 52.5 Å². The number of fused-ring (bicyclic) bond motifs is 1. The van der Waals surface area contributed by atoms with Crippen molar-refractivity contribution in [3.8, 4) is 0 Å². The molecule has 0 aliphatic heterocycles. The van der Waals surface area contributed by atoms with Crippen LogP contribution in [0.2, 0.25) is 0 Å². The molecule has 24 heavy (non-hydrogen) atoms. The molecule has 0 aliphatic carbocycles. The average molecular weight is 347 g/mol. The molecule has 1 atom stereocenters. The van der Waals surface area contributed by atoms with Crippen LogP contribution in [0.4, 0.5) is 5.69 Å². The van der Waals surface area contributed by atoms with Crippen molar-refractivity contribution in [3.63, 3.8) is 0 Å². The number of carbonyl (C=O) groups is 1. The minimum atomic E-state index is -0.496. The van der Waals surface area contributed by atoms with E-state index in [-0.39, 0.29) is 28.6 Å². The number of nitro benzene ring substituents is 1. The summed E-state index contributed by atoms with van der Waals surface area (Å²) in [6.45, 7) is 1.82. The third-order valence-corrected chi connectivity index (χ3v) is 4.06. The lowest BCUT2D eigenvalue weighted by Gasteiger charge is -2.10. The molecule has 0 fully saturated rings. The van der Waals surface area contributed by atoms with Gasteiger partial charge in [0, 0.05) is 12.1 Å². The van der Waals surface area contributed by atoms with Gasteiger partial charge in [0.25, 0.3) is 10.9 Å². The minimum absolute atomic E-state index is 0.0580. The van der Waals surface area contributed by atoms with Crippen molar-refractivity contribution in [1.29, 1.82) is 0 Å². The molecule has 3 aromatic rings. The normalized spacial score (nSPS) is 12.2. The Morgan fingerprint density at radius 1 is 1.46 bits per heavy atom. The molecule has 1 amide bonds. The number of furan rings is 1. The summed E-state index contributed by atoms with van der Waals surface area (Å²) in [5, 5.41) is 13.8. The molecule has 2 heterocycles. The van der Waals surface area contributed by atoms with Crippen LogP contribution in [0.5, 0.6) is 0 Å². The number of benzene rings is 1. The standard InChI is InChI=1S/C15H13N3O5S/c1-9(12-3-2-6-22-12)16-14(19)8-24-15-17-11-7-10(18(20)21)4-5-13(11)23-15/h2-7,9H,8H2,1H3,(H,16,19)/t9-/m0/s1. The molecular formula is C15H13N3O5S. The van der Waals surface area contributed by atoms with Gasteiger partial charge >= 0.3 is 0 Å². The maximum Gasteiger partial charge on any atom is 0.271 e. The first-order valence-electron chi connectivity index (χ1n) is 7.03. The Labute approximate surface area is 140 Å². The van der Waals surface area contributed by atoms with Crippen LogP contribution in [0, 0.1) is 10.1 Å². The Morgan fingerprint density at radius 3 is 3.00 bits per heavy atom. The van der Waals surface area contributed by atoms with E-state index in [0.717, 1.165) is 11.8 Å². The zero-order valence-electron chi connectivity index (χ0n) is 12.6. The maximum atomic E-state index is 11.9. The number of oxazole rings is 1. The molecule has 0 saturated heterocycles. The average Bonchev–Trinajstić information content (AvgIpc) is 3.21. The van der Waals surface area contributed by atoms with Gasteiger partial charge in [-0.1, -0.05) is 11.8 Å². The number of hydrogen-bond acceptors (Lipinski definition) is 7. The van der Waals surface area contributed by atoms with E-state index in [1.54, 1.807) is 18.4 Å². The molecule has 3 rings (SSSR count). The minimum Gasteiger partial charge on any atom is -0.467 e. The predicted octanol–water partition coefficient (Wildman–Crippen LogP) is 3.30. The van der Waals surface area contributed by atoms with E-state index in [0.29, 0.717) is 16.9 Å². The van der Waals surface area contributed by atoms with Crippen LogP contribution >= 0.6 is 11.8 Å². The smallest absolute Gasteiger partial charge is 0.271 e. The van der Waals surface area contributed by atoms with Gasteiger partial charge in [-0.15, -0.1) is 0 Å². The zero-order valence-corrected chi connectivity index (χ0v) is 13.4. The molecular weight excluding hydrogens is 334 g/mol. The first-order chi connectivity index (χ1) is 11.5. The highest BCUT2D eigenvalue weighted by Gasteiger charge is 2.15. The van der Waals surface area contributed by atoms with E-state index in [1.807, 2.05) is 6.92 Å². The molecule has 0 aliphatic rings. The number of hydrogen-bond donors (Lipinski definition) is 1. The largest absolute Gasteiger partial charge is 0.467 e. The number of nitro groups is 1. The van der Waals surface area contributed by atoms with E-state index in [4.69, 9.17) is 8.83 Å². The summed E-state index contributed by atoms with van der Waals surface area (Å²) in [5.74, 6) is 0.583. The van der Waals surface area contributed by atoms with E-state index in [1.165, 1.54) is 18.2 Å². The lowest BCUT2D eigenvalue weighted by Crippen LogP contribution is -2.27. The first kappa shape index (κ1) is 16.1. The quantitative estimate of drug-likeness (QED) is 0.413. The van der Waals surface area contributed by atoms with Crippen molar-refractivity contribution in [2.75, 3.05) is 5.75 Å². The van der Waals surface area contributed by atoms with E-state index >= 15 is 0 Å². The van der Waals surface area contributed by atoms with Crippen molar-refractivity contribution in [1.82, 2.24) is 10.3 Å². The fourth-order valence-electron chi connectivity index (χ4n) is 2.09. The second-order valence-electron chi connectivity index (χ2n) is 4.98. The molecule has 9 heteroatoms. The monoisotopic (exact) mass is 347 g/mol. The SMILES string of the molecule is C[C@H](NC(=O)CSc1nc2cc([N+](=O)[O-])ccc2o1)c1ccco1. The lowest BCUT2D eigenvalue weighted by molar-refractivity contribution is -0.384. The number of nitrogens with zero attached hydrogens (tertiary/aromatic N) is 2. The molecule has 0 unspecified atom stereocenters. The van der Waals surface area contributed by atoms with Gasteiger partial charge < -0.3 is 14.2 Å². The summed E-state index contributed by atoms with van der Waals surface area (Å²) in [6, 6.07) is 7.47. The molecule has 1 aromatic carbocycles. The zero-order chi connectivity index (χ0) is 17.1. The van der Waals surface area contributed by atoms with E-state index < -0.39 is 4.92 Å². The van der Waals surface area contributed by atoms with E-state index in [2.05, 4.69) is 10.3 Å². The van der Waals surface area contributed by atoms with Crippen molar-refractivity contribution in [2.24, 2.45) is 0 Å². The van der Waals surface area contributed by atoms with Gasteiger partial charge in [0.05, 0.1) is 23.0 Å². The van der Waals surface area contributed by atoms with Crippen molar-refractivity contribution in [2.45, 2.75) is 18.2 Å². The third kappa shape index (κ3) is 3.57. The van der Waals surface area contributed by atoms with Gasteiger partial charge in [-0.2, -0.15) is 0 Å². The number of carbonyl (C=O) groups excluding carboxylic acids is 1.